The summed E-state index contributed by atoms with van der Waals surface area (Å²) in [4.78, 5) is 16.3. The molecule has 0 atom stereocenters. The van der Waals surface area contributed by atoms with Crippen molar-refractivity contribution in [2.45, 2.75) is 0 Å². The topological polar surface area (TPSA) is 57.1 Å². The first-order chi connectivity index (χ1) is 11.2. The maximum atomic E-state index is 12.0. The van der Waals surface area contributed by atoms with Gasteiger partial charge in [-0.3, -0.25) is 0 Å². The van der Waals surface area contributed by atoms with Crippen LogP contribution in [-0.2, 0) is 9.53 Å². The molecule has 4 rings (SSSR count). The summed E-state index contributed by atoms with van der Waals surface area (Å²) < 4.78 is 15.8. The van der Waals surface area contributed by atoms with Crippen LogP contribution in [-0.4, -0.2) is 18.7 Å². The van der Waals surface area contributed by atoms with E-state index in [1.807, 2.05) is 12.1 Å². The summed E-state index contributed by atoms with van der Waals surface area (Å²) >= 11 is 6.09. The summed E-state index contributed by atoms with van der Waals surface area (Å²) in [7, 11) is 0. The van der Waals surface area contributed by atoms with Crippen molar-refractivity contribution in [3.8, 4) is 11.5 Å². The molecule has 0 N–H and O–H groups in total. The molecule has 2 aliphatic rings. The number of hydrogen-bond donors (Lipinski definition) is 0. The van der Waals surface area contributed by atoms with E-state index in [4.69, 9.17) is 25.8 Å². The molecular formula is C17H10ClNO4. The third-order valence-electron chi connectivity index (χ3n) is 3.44. The van der Waals surface area contributed by atoms with E-state index < -0.39 is 5.97 Å². The second-order valence-corrected chi connectivity index (χ2v) is 5.33. The fourth-order valence-corrected chi connectivity index (χ4v) is 2.49. The molecule has 0 unspecified atom stereocenters. The Kier molecular flexibility index (Phi) is 3.28. The number of nitrogens with zero attached hydrogens (tertiary/aromatic N) is 1. The van der Waals surface area contributed by atoms with Crippen molar-refractivity contribution >= 4 is 29.5 Å². The van der Waals surface area contributed by atoms with Crippen LogP contribution in [0, 0.1) is 0 Å². The molecule has 0 spiro atoms. The molecule has 0 saturated heterocycles. The van der Waals surface area contributed by atoms with Crippen molar-refractivity contribution in [2.75, 3.05) is 6.79 Å². The number of carbonyl (C=O) groups excluding carboxylic acids is 1. The van der Waals surface area contributed by atoms with Gasteiger partial charge in [-0.2, -0.15) is 0 Å². The largest absolute Gasteiger partial charge is 0.454 e. The Hall–Kier alpha value is -2.79. The first kappa shape index (κ1) is 13.8. The number of aliphatic imine (C=N–C) groups is 1. The second-order valence-electron chi connectivity index (χ2n) is 4.93. The highest BCUT2D eigenvalue weighted by Gasteiger charge is 2.26. The van der Waals surface area contributed by atoms with Gasteiger partial charge in [0, 0.05) is 10.6 Å². The Bertz CT molecular complexity index is 873. The highest BCUT2D eigenvalue weighted by molar-refractivity contribution is 6.32. The van der Waals surface area contributed by atoms with Gasteiger partial charge in [0.1, 0.15) is 0 Å². The SMILES string of the molecule is O=C1OC(c2ccc3c(c2)OCO3)=N/C1=C\c1ccccc1Cl. The first-order valence-electron chi connectivity index (χ1n) is 6.88. The van der Waals surface area contributed by atoms with E-state index in [0.29, 0.717) is 27.6 Å². The highest BCUT2D eigenvalue weighted by atomic mass is 35.5. The van der Waals surface area contributed by atoms with Crippen LogP contribution in [0.4, 0.5) is 0 Å². The predicted octanol–water partition coefficient (Wildman–Crippen LogP) is 3.41. The lowest BCUT2D eigenvalue weighted by molar-refractivity contribution is -0.129. The minimum absolute atomic E-state index is 0.183. The van der Waals surface area contributed by atoms with E-state index in [-0.39, 0.29) is 18.4 Å². The maximum absolute atomic E-state index is 12.0. The van der Waals surface area contributed by atoms with Crippen molar-refractivity contribution < 1.29 is 19.0 Å². The van der Waals surface area contributed by atoms with Gasteiger partial charge in [-0.15, -0.1) is 0 Å². The van der Waals surface area contributed by atoms with Gasteiger partial charge < -0.3 is 14.2 Å². The molecule has 2 aliphatic heterocycles. The third kappa shape index (κ3) is 2.55. The van der Waals surface area contributed by atoms with Crippen molar-refractivity contribution in [2.24, 2.45) is 4.99 Å². The van der Waals surface area contributed by atoms with Gasteiger partial charge in [0.2, 0.25) is 12.7 Å². The van der Waals surface area contributed by atoms with Crippen LogP contribution in [0.2, 0.25) is 5.02 Å². The monoisotopic (exact) mass is 327 g/mol. The number of fused-ring (bicyclic) bond motifs is 1. The van der Waals surface area contributed by atoms with Crippen LogP contribution in [0.15, 0.2) is 53.2 Å². The van der Waals surface area contributed by atoms with E-state index in [9.17, 15) is 4.79 Å². The maximum Gasteiger partial charge on any atom is 0.363 e. The van der Waals surface area contributed by atoms with Crippen LogP contribution >= 0.6 is 11.6 Å². The quantitative estimate of drug-likeness (QED) is 0.626. The number of carbonyl (C=O) groups is 1. The van der Waals surface area contributed by atoms with E-state index >= 15 is 0 Å². The van der Waals surface area contributed by atoms with Crippen LogP contribution in [0.1, 0.15) is 11.1 Å². The standard InChI is InChI=1S/C17H10ClNO4/c18-12-4-2-1-3-10(12)7-13-17(20)23-16(19-13)11-5-6-14-15(8-11)22-9-21-14/h1-8H,9H2/b13-7-. The summed E-state index contributed by atoms with van der Waals surface area (Å²) in [5.74, 6) is 0.972. The molecule has 0 aromatic heterocycles. The lowest BCUT2D eigenvalue weighted by Gasteiger charge is -2.01. The van der Waals surface area contributed by atoms with E-state index in [0.717, 1.165) is 0 Å². The van der Waals surface area contributed by atoms with Crippen LogP contribution in [0.3, 0.4) is 0 Å². The van der Waals surface area contributed by atoms with Gasteiger partial charge in [-0.1, -0.05) is 29.8 Å². The molecule has 0 saturated carbocycles. The van der Waals surface area contributed by atoms with Crippen molar-refractivity contribution in [1.29, 1.82) is 0 Å². The molecule has 0 amide bonds. The van der Waals surface area contributed by atoms with Crippen molar-refractivity contribution in [1.82, 2.24) is 0 Å². The zero-order valence-electron chi connectivity index (χ0n) is 11.8. The van der Waals surface area contributed by atoms with Crippen LogP contribution in [0.5, 0.6) is 11.5 Å². The highest BCUT2D eigenvalue weighted by Crippen LogP contribution is 2.33. The molecule has 114 valence electrons. The summed E-state index contributed by atoms with van der Waals surface area (Å²) in [5.41, 5.74) is 1.55. The van der Waals surface area contributed by atoms with E-state index in [2.05, 4.69) is 4.99 Å². The number of cyclic esters (lactones) is 1. The van der Waals surface area contributed by atoms with Crippen molar-refractivity contribution in [3.63, 3.8) is 0 Å². The number of ether oxygens (including phenoxy) is 3. The molecular weight excluding hydrogens is 318 g/mol. The van der Waals surface area contributed by atoms with E-state index in [1.54, 1.807) is 36.4 Å². The zero-order chi connectivity index (χ0) is 15.8. The van der Waals surface area contributed by atoms with Gasteiger partial charge in [-0.05, 0) is 35.9 Å². The molecule has 0 fully saturated rings. The lowest BCUT2D eigenvalue weighted by atomic mass is 10.2. The van der Waals surface area contributed by atoms with Gasteiger partial charge in [0.05, 0.1) is 0 Å². The fourth-order valence-electron chi connectivity index (χ4n) is 2.30. The van der Waals surface area contributed by atoms with Gasteiger partial charge >= 0.3 is 5.97 Å². The van der Waals surface area contributed by atoms with Crippen LogP contribution in [0.25, 0.3) is 6.08 Å². The number of hydrogen-bond acceptors (Lipinski definition) is 5. The minimum Gasteiger partial charge on any atom is -0.454 e. The fraction of sp³-hybridized carbons (Fsp3) is 0.0588. The van der Waals surface area contributed by atoms with Gasteiger partial charge in [0.25, 0.3) is 0 Å². The number of halogens is 1. The Labute approximate surface area is 136 Å². The molecule has 5 nitrogen and oxygen atoms in total. The Morgan fingerprint density at radius 1 is 1.09 bits per heavy atom. The molecule has 6 heteroatoms. The molecule has 2 aromatic carbocycles. The normalized spacial score (nSPS) is 17.3. The first-order valence-corrected chi connectivity index (χ1v) is 7.25. The lowest BCUT2D eigenvalue weighted by Crippen LogP contribution is -2.05. The number of benzene rings is 2. The Balaban J connectivity index is 1.69. The molecule has 0 aliphatic carbocycles. The van der Waals surface area contributed by atoms with Crippen LogP contribution < -0.4 is 9.47 Å². The summed E-state index contributed by atoms with van der Waals surface area (Å²) in [6.45, 7) is 0.183. The predicted molar refractivity (Wildman–Crippen MR) is 84.6 cm³/mol. The zero-order valence-corrected chi connectivity index (χ0v) is 12.5. The second kappa shape index (κ2) is 5.44. The van der Waals surface area contributed by atoms with Crippen molar-refractivity contribution in [3.05, 3.63) is 64.3 Å². The van der Waals surface area contributed by atoms with Gasteiger partial charge in [-0.25, -0.2) is 9.79 Å². The van der Waals surface area contributed by atoms with E-state index in [1.165, 1.54) is 0 Å². The summed E-state index contributed by atoms with van der Waals surface area (Å²) in [6.07, 6.45) is 1.60. The summed E-state index contributed by atoms with van der Waals surface area (Å²) in [6, 6.07) is 12.4. The third-order valence-corrected chi connectivity index (χ3v) is 3.78. The summed E-state index contributed by atoms with van der Waals surface area (Å²) in [5, 5.41) is 0.541. The molecule has 2 heterocycles. The average Bonchev–Trinajstić information content (AvgIpc) is 3.16. The Morgan fingerprint density at radius 2 is 1.91 bits per heavy atom. The molecule has 0 bridgehead atoms. The molecule has 0 radical (unpaired) electrons. The molecule has 2 aromatic rings. The average molecular weight is 328 g/mol. The smallest absolute Gasteiger partial charge is 0.363 e. The molecule has 23 heavy (non-hydrogen) atoms. The number of esters is 1. The Morgan fingerprint density at radius 3 is 2.78 bits per heavy atom. The number of rotatable bonds is 2. The minimum atomic E-state index is -0.516. The van der Waals surface area contributed by atoms with Gasteiger partial charge in [0.15, 0.2) is 17.2 Å².